The average Bonchev–Trinajstić information content (AvgIpc) is 3.13. The van der Waals surface area contributed by atoms with Crippen molar-refractivity contribution in [2.75, 3.05) is 30.3 Å². The van der Waals surface area contributed by atoms with Crippen molar-refractivity contribution in [2.45, 2.75) is 43.9 Å². The van der Waals surface area contributed by atoms with Crippen molar-refractivity contribution in [1.29, 1.82) is 0 Å². The van der Waals surface area contributed by atoms with Gasteiger partial charge in [-0.1, -0.05) is 6.07 Å². The topological polar surface area (TPSA) is 106 Å². The fourth-order valence-corrected chi connectivity index (χ4v) is 5.74. The smallest absolute Gasteiger partial charge is 0.408 e. The van der Waals surface area contributed by atoms with E-state index in [0.29, 0.717) is 41.4 Å². The van der Waals surface area contributed by atoms with Gasteiger partial charge in [-0.05, 0) is 49.9 Å². The first kappa shape index (κ1) is 23.7. The van der Waals surface area contributed by atoms with Gasteiger partial charge in [-0.25, -0.2) is 4.98 Å². The highest BCUT2D eigenvalue weighted by Crippen LogP contribution is 2.38. The Morgan fingerprint density at radius 2 is 2.11 bits per heavy atom. The summed E-state index contributed by atoms with van der Waals surface area (Å²) >= 11 is 1.25. The Labute approximate surface area is 204 Å². The van der Waals surface area contributed by atoms with Gasteiger partial charge >= 0.3 is 6.18 Å². The number of hydrogen-bond acceptors (Lipinski definition) is 7. The van der Waals surface area contributed by atoms with Gasteiger partial charge in [-0.3, -0.25) is 4.79 Å². The van der Waals surface area contributed by atoms with Crippen LogP contribution in [-0.4, -0.2) is 48.3 Å². The predicted octanol–water partition coefficient (Wildman–Crippen LogP) is 3.78. The second kappa shape index (κ2) is 8.56. The summed E-state index contributed by atoms with van der Waals surface area (Å²) in [4.78, 5) is 20.2. The lowest BCUT2D eigenvalue weighted by Gasteiger charge is -2.42. The summed E-state index contributed by atoms with van der Waals surface area (Å²) in [6.45, 7) is 2.33. The molecule has 1 amide bonds. The Balaban J connectivity index is 1.28. The predicted molar refractivity (Wildman–Crippen MR) is 130 cm³/mol. The molecule has 35 heavy (non-hydrogen) atoms. The summed E-state index contributed by atoms with van der Waals surface area (Å²) in [6, 6.07) is 8.83. The van der Waals surface area contributed by atoms with Crippen LogP contribution in [0, 0.1) is 6.92 Å². The number of anilines is 2. The van der Waals surface area contributed by atoms with Crippen LogP contribution in [0.4, 0.5) is 24.5 Å². The molecule has 5 rings (SSSR count). The largest absolute Gasteiger partial charge is 0.491 e. The van der Waals surface area contributed by atoms with Gasteiger partial charge in [0.25, 0.3) is 5.91 Å². The SMILES string of the molecule is Cc1ccc2c(N)c(C(=O)N[C@H]3COc4cc(N5CCC[C@](N)(C(F)(F)F)C5)ccc4C3)sc2n1. The molecule has 1 aromatic carbocycles. The summed E-state index contributed by atoms with van der Waals surface area (Å²) in [7, 11) is 0. The van der Waals surface area contributed by atoms with Gasteiger partial charge in [-0.15, -0.1) is 11.3 Å². The monoisotopic (exact) mass is 505 g/mol. The minimum absolute atomic E-state index is 0.0875. The molecular formula is C24H26F3N5O2S. The summed E-state index contributed by atoms with van der Waals surface area (Å²) < 4.78 is 46.2. The Hall–Kier alpha value is -3.05. The third-order valence-electron chi connectivity index (χ3n) is 6.69. The molecule has 3 aromatic rings. The molecule has 0 bridgehead atoms. The number of ether oxygens (including phenoxy) is 1. The van der Waals surface area contributed by atoms with E-state index < -0.39 is 11.7 Å². The maximum atomic E-state index is 13.4. The number of aryl methyl sites for hydroxylation is 1. The molecule has 0 spiro atoms. The highest BCUT2D eigenvalue weighted by molar-refractivity contribution is 7.21. The number of piperidine rings is 1. The molecule has 0 aliphatic carbocycles. The molecule has 2 aromatic heterocycles. The number of rotatable bonds is 3. The maximum absolute atomic E-state index is 13.4. The highest BCUT2D eigenvalue weighted by atomic mass is 32.1. The lowest BCUT2D eigenvalue weighted by Crippen LogP contribution is -2.63. The first-order valence-corrected chi connectivity index (χ1v) is 12.2. The normalized spacial score (nSPS) is 22.5. The van der Waals surface area contributed by atoms with Crippen molar-refractivity contribution in [3.8, 4) is 5.75 Å². The second-order valence-corrected chi connectivity index (χ2v) is 10.3. The number of carbonyl (C=O) groups excluding carboxylic acids is 1. The molecule has 1 fully saturated rings. The van der Waals surface area contributed by atoms with Gasteiger partial charge in [0.2, 0.25) is 0 Å². The van der Waals surface area contributed by atoms with Crippen molar-refractivity contribution >= 4 is 38.8 Å². The fraction of sp³-hybridized carbons (Fsp3) is 0.417. The number of benzene rings is 1. The summed E-state index contributed by atoms with van der Waals surface area (Å²) in [5.74, 6) is 0.325. The van der Waals surface area contributed by atoms with E-state index in [1.165, 1.54) is 11.3 Å². The number of thiophene rings is 1. The fourth-order valence-electron chi connectivity index (χ4n) is 4.70. The zero-order valence-corrected chi connectivity index (χ0v) is 19.9. The molecule has 2 aliphatic heterocycles. The number of halogens is 3. The van der Waals surface area contributed by atoms with Crippen LogP contribution >= 0.6 is 11.3 Å². The van der Waals surface area contributed by atoms with E-state index in [9.17, 15) is 18.0 Å². The minimum Gasteiger partial charge on any atom is -0.491 e. The van der Waals surface area contributed by atoms with E-state index in [1.807, 2.05) is 25.1 Å². The zero-order chi connectivity index (χ0) is 25.0. The van der Waals surface area contributed by atoms with E-state index >= 15 is 0 Å². The highest BCUT2D eigenvalue weighted by Gasteiger charge is 2.53. The van der Waals surface area contributed by atoms with Crippen LogP contribution in [0.2, 0.25) is 0 Å². The van der Waals surface area contributed by atoms with Gasteiger partial charge in [-0.2, -0.15) is 13.2 Å². The van der Waals surface area contributed by atoms with Gasteiger partial charge in [0.05, 0.1) is 11.7 Å². The zero-order valence-electron chi connectivity index (χ0n) is 19.1. The van der Waals surface area contributed by atoms with E-state index in [0.717, 1.165) is 21.5 Å². The van der Waals surface area contributed by atoms with E-state index in [1.54, 1.807) is 17.0 Å². The first-order chi connectivity index (χ1) is 16.5. The standard InChI is InChI=1S/C24H26F3N5O2S/c1-13-3-6-17-19(28)20(35-22(17)30-13)21(33)31-15-9-14-4-5-16(10-18(14)34-11-15)32-8-2-7-23(29,12-32)24(25,26)27/h3-6,10,15H,2,7-9,11-12,28-29H2,1H3,(H,31,33)/t15-,23-/m1/s1. The van der Waals surface area contributed by atoms with Gasteiger partial charge in [0.15, 0.2) is 0 Å². The Morgan fingerprint density at radius 3 is 2.89 bits per heavy atom. The number of pyridine rings is 1. The number of hydrogen-bond donors (Lipinski definition) is 3. The van der Waals surface area contributed by atoms with Crippen molar-refractivity contribution in [3.63, 3.8) is 0 Å². The maximum Gasteiger partial charge on any atom is 0.408 e. The average molecular weight is 506 g/mol. The molecular weight excluding hydrogens is 479 g/mol. The van der Waals surface area contributed by atoms with Crippen LogP contribution in [0.15, 0.2) is 30.3 Å². The van der Waals surface area contributed by atoms with Crippen LogP contribution in [0.3, 0.4) is 0 Å². The number of nitrogens with two attached hydrogens (primary N) is 2. The summed E-state index contributed by atoms with van der Waals surface area (Å²) in [5, 5.41) is 3.74. The molecule has 0 unspecified atom stereocenters. The summed E-state index contributed by atoms with van der Waals surface area (Å²) in [6.07, 6.45) is -3.66. The summed E-state index contributed by atoms with van der Waals surface area (Å²) in [5.41, 5.74) is 12.5. The quantitative estimate of drug-likeness (QED) is 0.500. The van der Waals surface area contributed by atoms with Crippen LogP contribution < -0.4 is 26.4 Å². The number of aromatic nitrogens is 1. The molecule has 0 radical (unpaired) electrons. The van der Waals surface area contributed by atoms with Gasteiger partial charge < -0.3 is 26.4 Å². The van der Waals surface area contributed by atoms with Crippen LogP contribution in [-0.2, 0) is 6.42 Å². The lowest BCUT2D eigenvalue weighted by atomic mass is 9.89. The number of carbonyl (C=O) groups is 1. The second-order valence-electron chi connectivity index (χ2n) is 9.31. The Bertz CT molecular complexity index is 1290. The first-order valence-electron chi connectivity index (χ1n) is 11.4. The number of nitrogens with zero attached hydrogens (tertiary/aromatic N) is 2. The van der Waals surface area contributed by atoms with Crippen molar-refractivity contribution < 1.29 is 22.7 Å². The van der Waals surface area contributed by atoms with E-state index in [2.05, 4.69) is 10.3 Å². The molecule has 186 valence electrons. The van der Waals surface area contributed by atoms with Crippen LogP contribution in [0.5, 0.6) is 5.75 Å². The number of fused-ring (bicyclic) bond motifs is 2. The molecule has 7 nitrogen and oxygen atoms in total. The van der Waals surface area contributed by atoms with E-state index in [4.69, 9.17) is 16.2 Å². The molecule has 1 saturated heterocycles. The number of nitrogen functional groups attached to an aromatic ring is 1. The van der Waals surface area contributed by atoms with Crippen molar-refractivity contribution in [2.24, 2.45) is 5.73 Å². The molecule has 0 saturated carbocycles. The third kappa shape index (κ3) is 4.38. The third-order valence-corrected chi connectivity index (χ3v) is 7.80. The lowest BCUT2D eigenvalue weighted by molar-refractivity contribution is -0.187. The van der Waals surface area contributed by atoms with Crippen LogP contribution in [0.25, 0.3) is 10.2 Å². The van der Waals surface area contributed by atoms with Gasteiger partial charge in [0, 0.05) is 35.9 Å². The Kier molecular flexibility index (Phi) is 5.79. The van der Waals surface area contributed by atoms with Crippen molar-refractivity contribution in [3.05, 3.63) is 46.5 Å². The van der Waals surface area contributed by atoms with Gasteiger partial charge in [0.1, 0.15) is 27.6 Å². The molecule has 11 heteroatoms. The number of alkyl halides is 3. The van der Waals surface area contributed by atoms with E-state index in [-0.39, 0.29) is 31.5 Å². The number of amides is 1. The van der Waals surface area contributed by atoms with Crippen molar-refractivity contribution in [1.82, 2.24) is 10.3 Å². The van der Waals surface area contributed by atoms with Crippen LogP contribution in [0.1, 0.15) is 33.8 Å². The minimum atomic E-state index is -4.46. The molecule has 2 atom stereocenters. The Morgan fingerprint density at radius 1 is 1.31 bits per heavy atom. The molecule has 4 heterocycles. The number of nitrogens with one attached hydrogen (secondary N) is 1. The molecule has 2 aliphatic rings. The molecule has 5 N–H and O–H groups in total.